The number of hydrogen-bond donors (Lipinski definition) is 1. The van der Waals surface area contributed by atoms with Crippen molar-refractivity contribution in [2.75, 3.05) is 5.73 Å². The first-order chi connectivity index (χ1) is 7.25. The molecule has 0 unspecified atom stereocenters. The molecule has 76 valence electrons. The third-order valence-corrected chi connectivity index (χ3v) is 1.94. The Bertz CT molecular complexity index is 471. The van der Waals surface area contributed by atoms with Gasteiger partial charge in [-0.15, -0.1) is 0 Å². The molecule has 2 aromatic heterocycles. The van der Waals surface area contributed by atoms with Crippen molar-refractivity contribution < 1.29 is 4.74 Å². The topological polar surface area (TPSA) is 61.0 Å². The van der Waals surface area contributed by atoms with Crippen LogP contribution in [-0.2, 0) is 0 Å². The van der Waals surface area contributed by atoms with Gasteiger partial charge in [-0.3, -0.25) is 4.98 Å². The smallest absolute Gasteiger partial charge is 0.148 e. The van der Waals surface area contributed by atoms with Crippen LogP contribution < -0.4 is 10.5 Å². The van der Waals surface area contributed by atoms with Crippen LogP contribution in [0.2, 0.25) is 0 Å². The van der Waals surface area contributed by atoms with Gasteiger partial charge in [0.1, 0.15) is 17.3 Å². The lowest BCUT2D eigenvalue weighted by molar-refractivity contribution is 0.475. The Hall–Kier alpha value is -2.10. The van der Waals surface area contributed by atoms with E-state index in [0.29, 0.717) is 11.6 Å². The van der Waals surface area contributed by atoms with Crippen LogP contribution in [0.25, 0.3) is 0 Å². The molecule has 15 heavy (non-hydrogen) atoms. The summed E-state index contributed by atoms with van der Waals surface area (Å²) in [5.41, 5.74) is 6.38. The van der Waals surface area contributed by atoms with Crippen molar-refractivity contribution in [2.24, 2.45) is 0 Å². The standard InChI is InChI=1S/C11H11N3O/c1-8-10(3-2-5-13-8)15-9-4-6-14-11(12)7-9/h2-7H,1H3,(H2,12,14). The minimum Gasteiger partial charge on any atom is -0.455 e. The zero-order valence-corrected chi connectivity index (χ0v) is 8.34. The first kappa shape index (κ1) is 9.45. The Morgan fingerprint density at radius 2 is 2.07 bits per heavy atom. The van der Waals surface area contributed by atoms with Gasteiger partial charge >= 0.3 is 0 Å². The molecule has 0 fully saturated rings. The van der Waals surface area contributed by atoms with E-state index in [2.05, 4.69) is 9.97 Å². The molecule has 0 aromatic carbocycles. The summed E-state index contributed by atoms with van der Waals surface area (Å²) < 4.78 is 5.61. The predicted molar refractivity (Wildman–Crippen MR) is 57.7 cm³/mol. The summed E-state index contributed by atoms with van der Waals surface area (Å²) in [7, 11) is 0. The molecule has 2 rings (SSSR count). The second kappa shape index (κ2) is 3.96. The Balaban J connectivity index is 2.26. The van der Waals surface area contributed by atoms with Gasteiger partial charge < -0.3 is 10.5 Å². The molecule has 2 aromatic rings. The Morgan fingerprint density at radius 1 is 1.20 bits per heavy atom. The zero-order valence-electron chi connectivity index (χ0n) is 8.34. The average molecular weight is 201 g/mol. The molecule has 2 N–H and O–H groups in total. The lowest BCUT2D eigenvalue weighted by Crippen LogP contribution is -1.92. The van der Waals surface area contributed by atoms with Crippen LogP contribution in [0.1, 0.15) is 5.69 Å². The normalized spacial score (nSPS) is 9.93. The fourth-order valence-corrected chi connectivity index (χ4v) is 1.20. The number of pyridine rings is 2. The summed E-state index contributed by atoms with van der Waals surface area (Å²) >= 11 is 0. The number of nitrogens with zero attached hydrogens (tertiary/aromatic N) is 2. The van der Waals surface area contributed by atoms with E-state index in [0.717, 1.165) is 11.4 Å². The van der Waals surface area contributed by atoms with Crippen LogP contribution in [-0.4, -0.2) is 9.97 Å². The van der Waals surface area contributed by atoms with Crippen LogP contribution in [0.5, 0.6) is 11.5 Å². The number of anilines is 1. The second-order valence-corrected chi connectivity index (χ2v) is 3.11. The van der Waals surface area contributed by atoms with Gasteiger partial charge in [0.15, 0.2) is 0 Å². The van der Waals surface area contributed by atoms with Crippen LogP contribution in [0.4, 0.5) is 5.82 Å². The monoisotopic (exact) mass is 201 g/mol. The highest BCUT2D eigenvalue weighted by molar-refractivity contribution is 5.39. The fraction of sp³-hybridized carbons (Fsp3) is 0.0909. The van der Waals surface area contributed by atoms with Crippen molar-refractivity contribution in [3.8, 4) is 11.5 Å². The van der Waals surface area contributed by atoms with Gasteiger partial charge in [-0.1, -0.05) is 0 Å². The van der Waals surface area contributed by atoms with Crippen LogP contribution in [0.15, 0.2) is 36.7 Å². The Kier molecular flexibility index (Phi) is 2.49. The van der Waals surface area contributed by atoms with Crippen LogP contribution >= 0.6 is 0 Å². The Labute approximate surface area is 87.7 Å². The summed E-state index contributed by atoms with van der Waals surface area (Å²) in [6.45, 7) is 1.89. The number of aromatic nitrogens is 2. The van der Waals surface area contributed by atoms with Gasteiger partial charge in [-0.25, -0.2) is 4.98 Å². The maximum Gasteiger partial charge on any atom is 0.148 e. The minimum atomic E-state index is 0.439. The molecule has 0 aliphatic carbocycles. The molecule has 0 aliphatic heterocycles. The first-order valence-electron chi connectivity index (χ1n) is 4.57. The largest absolute Gasteiger partial charge is 0.455 e. The maximum atomic E-state index is 5.61. The highest BCUT2D eigenvalue weighted by atomic mass is 16.5. The van der Waals surface area contributed by atoms with Gasteiger partial charge in [-0.2, -0.15) is 0 Å². The van der Waals surface area contributed by atoms with E-state index in [1.807, 2.05) is 19.1 Å². The van der Waals surface area contributed by atoms with Crippen LogP contribution in [0, 0.1) is 6.92 Å². The van der Waals surface area contributed by atoms with Gasteiger partial charge in [0.05, 0.1) is 5.69 Å². The Morgan fingerprint density at radius 3 is 2.80 bits per heavy atom. The van der Waals surface area contributed by atoms with E-state index in [-0.39, 0.29) is 0 Å². The van der Waals surface area contributed by atoms with E-state index in [1.165, 1.54) is 0 Å². The van der Waals surface area contributed by atoms with Crippen molar-refractivity contribution in [3.63, 3.8) is 0 Å². The molecule has 4 nitrogen and oxygen atoms in total. The summed E-state index contributed by atoms with van der Waals surface area (Å²) in [5, 5.41) is 0. The number of aryl methyl sites for hydroxylation is 1. The molecular weight excluding hydrogens is 190 g/mol. The van der Waals surface area contributed by atoms with Crippen LogP contribution in [0.3, 0.4) is 0 Å². The van der Waals surface area contributed by atoms with Crippen molar-refractivity contribution in [3.05, 3.63) is 42.4 Å². The summed E-state index contributed by atoms with van der Waals surface area (Å²) in [5.74, 6) is 1.83. The fourth-order valence-electron chi connectivity index (χ4n) is 1.20. The highest BCUT2D eigenvalue weighted by Crippen LogP contribution is 2.23. The van der Waals surface area contributed by atoms with Gasteiger partial charge in [0.2, 0.25) is 0 Å². The van der Waals surface area contributed by atoms with Crippen molar-refractivity contribution >= 4 is 5.82 Å². The third kappa shape index (κ3) is 2.22. The molecule has 0 bridgehead atoms. The molecular formula is C11H11N3O. The molecule has 0 aliphatic rings. The number of hydrogen-bond acceptors (Lipinski definition) is 4. The van der Waals surface area contributed by atoms with E-state index in [1.54, 1.807) is 24.5 Å². The van der Waals surface area contributed by atoms with Gasteiger partial charge in [0, 0.05) is 18.5 Å². The quantitative estimate of drug-likeness (QED) is 0.808. The third-order valence-electron chi connectivity index (χ3n) is 1.94. The maximum absolute atomic E-state index is 5.61. The second-order valence-electron chi connectivity index (χ2n) is 3.11. The molecule has 0 spiro atoms. The summed E-state index contributed by atoms with van der Waals surface area (Å²) in [4.78, 5) is 8.01. The highest BCUT2D eigenvalue weighted by Gasteiger charge is 2.01. The number of nitrogens with two attached hydrogens (primary N) is 1. The molecule has 0 saturated carbocycles. The molecule has 0 atom stereocenters. The zero-order chi connectivity index (χ0) is 10.7. The number of ether oxygens (including phenoxy) is 1. The summed E-state index contributed by atoms with van der Waals surface area (Å²) in [6, 6.07) is 7.11. The molecule has 0 radical (unpaired) electrons. The van der Waals surface area contributed by atoms with Gasteiger partial charge in [0.25, 0.3) is 0 Å². The van der Waals surface area contributed by atoms with E-state index < -0.39 is 0 Å². The molecule has 2 heterocycles. The van der Waals surface area contributed by atoms with E-state index in [9.17, 15) is 0 Å². The molecule has 0 amide bonds. The first-order valence-corrected chi connectivity index (χ1v) is 4.57. The van der Waals surface area contributed by atoms with Crippen molar-refractivity contribution in [1.29, 1.82) is 0 Å². The summed E-state index contributed by atoms with van der Waals surface area (Å²) in [6.07, 6.45) is 3.33. The van der Waals surface area contributed by atoms with Gasteiger partial charge in [-0.05, 0) is 25.1 Å². The molecule has 4 heteroatoms. The van der Waals surface area contributed by atoms with E-state index >= 15 is 0 Å². The average Bonchev–Trinajstić information content (AvgIpc) is 2.22. The lowest BCUT2D eigenvalue weighted by atomic mass is 10.3. The van der Waals surface area contributed by atoms with E-state index in [4.69, 9.17) is 10.5 Å². The predicted octanol–water partition coefficient (Wildman–Crippen LogP) is 2.16. The number of nitrogen functional groups attached to an aromatic ring is 1. The SMILES string of the molecule is Cc1ncccc1Oc1ccnc(N)c1. The number of rotatable bonds is 2. The lowest BCUT2D eigenvalue weighted by Gasteiger charge is -2.07. The van der Waals surface area contributed by atoms with Crippen molar-refractivity contribution in [1.82, 2.24) is 9.97 Å². The van der Waals surface area contributed by atoms with Crippen molar-refractivity contribution in [2.45, 2.75) is 6.92 Å². The molecule has 0 saturated heterocycles. The minimum absolute atomic E-state index is 0.439.